The summed E-state index contributed by atoms with van der Waals surface area (Å²) in [6, 6.07) is 3.64. The highest BCUT2D eigenvalue weighted by Crippen LogP contribution is 2.38. The second-order valence-electron chi connectivity index (χ2n) is 8.06. The molecule has 7 nitrogen and oxygen atoms in total. The molecule has 0 spiro atoms. The molecule has 7 heteroatoms. The number of likely N-dealkylation sites (tertiary alicyclic amines) is 1. The molecule has 152 valence electrons. The van der Waals surface area contributed by atoms with E-state index in [0.717, 1.165) is 45.1 Å². The smallest absolute Gasteiger partial charge is 0.233 e. The molecule has 1 aromatic heterocycles. The molecular weight excluding hydrogens is 360 g/mol. The van der Waals surface area contributed by atoms with Crippen molar-refractivity contribution in [3.05, 3.63) is 24.2 Å². The highest BCUT2D eigenvalue weighted by Gasteiger charge is 2.47. The highest BCUT2D eigenvalue weighted by molar-refractivity contribution is 6.05. The predicted molar refractivity (Wildman–Crippen MR) is 99.9 cm³/mol. The van der Waals surface area contributed by atoms with E-state index in [4.69, 9.17) is 9.15 Å². The Balaban J connectivity index is 1.37. The molecular formula is C21H28N2O5. The van der Waals surface area contributed by atoms with Gasteiger partial charge in [0.1, 0.15) is 5.76 Å². The van der Waals surface area contributed by atoms with Gasteiger partial charge in [-0.2, -0.15) is 0 Å². The second kappa shape index (κ2) is 8.47. The van der Waals surface area contributed by atoms with Crippen molar-refractivity contribution in [2.75, 3.05) is 19.7 Å². The van der Waals surface area contributed by atoms with E-state index >= 15 is 0 Å². The molecule has 1 saturated carbocycles. The van der Waals surface area contributed by atoms with Gasteiger partial charge in [0.25, 0.3) is 0 Å². The third-order valence-electron chi connectivity index (χ3n) is 6.21. The summed E-state index contributed by atoms with van der Waals surface area (Å²) in [5, 5.41) is 0. The molecule has 1 aromatic rings. The van der Waals surface area contributed by atoms with Gasteiger partial charge in [0, 0.05) is 26.1 Å². The molecule has 1 aliphatic carbocycles. The first-order valence-electron chi connectivity index (χ1n) is 10.4. The molecule has 0 N–H and O–H groups in total. The number of amides is 3. The van der Waals surface area contributed by atoms with E-state index in [1.165, 1.54) is 4.90 Å². The molecule has 0 bridgehead atoms. The van der Waals surface area contributed by atoms with Gasteiger partial charge in [0.05, 0.1) is 30.7 Å². The molecule has 3 fully saturated rings. The van der Waals surface area contributed by atoms with Crippen LogP contribution in [0.4, 0.5) is 0 Å². The van der Waals surface area contributed by atoms with Crippen LogP contribution in [0.25, 0.3) is 0 Å². The summed E-state index contributed by atoms with van der Waals surface area (Å²) in [7, 11) is 0. The summed E-state index contributed by atoms with van der Waals surface area (Å²) in [5.41, 5.74) is 0. The summed E-state index contributed by atoms with van der Waals surface area (Å²) in [6.45, 7) is 1.78. The number of hydrogen-bond acceptors (Lipinski definition) is 5. The molecule has 3 unspecified atom stereocenters. The van der Waals surface area contributed by atoms with Crippen LogP contribution in [0.15, 0.2) is 22.8 Å². The number of ether oxygens (including phenoxy) is 1. The Morgan fingerprint density at radius 3 is 2.46 bits per heavy atom. The highest BCUT2D eigenvalue weighted by atomic mass is 16.5. The van der Waals surface area contributed by atoms with Crippen LogP contribution in [0.2, 0.25) is 0 Å². The maximum absolute atomic E-state index is 12.9. The van der Waals surface area contributed by atoms with E-state index in [2.05, 4.69) is 0 Å². The fourth-order valence-electron chi connectivity index (χ4n) is 4.70. The molecule has 3 atom stereocenters. The summed E-state index contributed by atoms with van der Waals surface area (Å²) >= 11 is 0. The van der Waals surface area contributed by atoms with Crippen LogP contribution in [-0.2, 0) is 25.7 Å². The summed E-state index contributed by atoms with van der Waals surface area (Å²) < 4.78 is 11.1. The number of rotatable bonds is 7. The minimum Gasteiger partial charge on any atom is -0.467 e. The van der Waals surface area contributed by atoms with E-state index < -0.39 is 0 Å². The van der Waals surface area contributed by atoms with Gasteiger partial charge in [0.15, 0.2) is 0 Å². The van der Waals surface area contributed by atoms with Crippen molar-refractivity contribution in [3.8, 4) is 0 Å². The van der Waals surface area contributed by atoms with Crippen LogP contribution in [0, 0.1) is 11.8 Å². The van der Waals surface area contributed by atoms with Crippen molar-refractivity contribution in [3.63, 3.8) is 0 Å². The van der Waals surface area contributed by atoms with Crippen LogP contribution in [-0.4, -0.2) is 53.3 Å². The first kappa shape index (κ1) is 19.2. The Bertz CT molecular complexity index is 686. The molecule has 3 amide bonds. The van der Waals surface area contributed by atoms with Gasteiger partial charge in [-0.1, -0.05) is 12.8 Å². The number of imide groups is 1. The fraction of sp³-hybridized carbons (Fsp3) is 0.667. The van der Waals surface area contributed by atoms with Gasteiger partial charge < -0.3 is 14.1 Å². The van der Waals surface area contributed by atoms with Crippen LogP contribution in [0.1, 0.15) is 50.7 Å². The number of nitrogens with zero attached hydrogens (tertiary/aromatic N) is 2. The standard InChI is InChI=1S/C21H28N2O5/c24-19(9-10-23-20(25)17-7-1-2-8-18(17)21(23)26)22(13-15-5-3-11-27-15)14-16-6-4-12-28-16/h3,5,11,16-18H,1-2,4,6-10,12-14H2. The van der Waals surface area contributed by atoms with E-state index in [1.807, 2.05) is 6.07 Å². The van der Waals surface area contributed by atoms with Crippen molar-refractivity contribution in [2.24, 2.45) is 11.8 Å². The van der Waals surface area contributed by atoms with Gasteiger partial charge in [-0.05, 0) is 37.8 Å². The lowest BCUT2D eigenvalue weighted by Crippen LogP contribution is -2.40. The summed E-state index contributed by atoms with van der Waals surface area (Å²) in [5.74, 6) is 0.136. The first-order valence-corrected chi connectivity index (χ1v) is 10.4. The van der Waals surface area contributed by atoms with Gasteiger partial charge in [0.2, 0.25) is 17.7 Å². The zero-order chi connectivity index (χ0) is 19.5. The van der Waals surface area contributed by atoms with Crippen molar-refractivity contribution in [1.82, 2.24) is 9.80 Å². The molecule has 0 radical (unpaired) electrons. The largest absolute Gasteiger partial charge is 0.467 e. The predicted octanol–water partition coefficient (Wildman–Crippen LogP) is 2.35. The number of carbonyl (C=O) groups excluding carboxylic acids is 3. The minimum absolute atomic E-state index is 0.0387. The lowest BCUT2D eigenvalue weighted by atomic mass is 9.81. The van der Waals surface area contributed by atoms with Gasteiger partial charge in [-0.3, -0.25) is 19.3 Å². The van der Waals surface area contributed by atoms with Crippen molar-refractivity contribution >= 4 is 17.7 Å². The Hall–Kier alpha value is -2.15. The molecule has 0 aromatic carbocycles. The van der Waals surface area contributed by atoms with E-state index in [0.29, 0.717) is 18.8 Å². The molecule has 28 heavy (non-hydrogen) atoms. The molecule has 3 heterocycles. The fourth-order valence-corrected chi connectivity index (χ4v) is 4.70. The van der Waals surface area contributed by atoms with Crippen LogP contribution in [0.5, 0.6) is 0 Å². The maximum atomic E-state index is 12.9. The number of furan rings is 1. The Labute approximate surface area is 165 Å². The van der Waals surface area contributed by atoms with E-state index in [-0.39, 0.29) is 48.6 Å². The Kier molecular flexibility index (Phi) is 5.80. The monoisotopic (exact) mass is 388 g/mol. The minimum atomic E-state index is -0.164. The molecule has 2 saturated heterocycles. The van der Waals surface area contributed by atoms with Gasteiger partial charge in [-0.15, -0.1) is 0 Å². The number of carbonyl (C=O) groups is 3. The van der Waals surface area contributed by atoms with E-state index in [9.17, 15) is 14.4 Å². The van der Waals surface area contributed by atoms with Gasteiger partial charge in [-0.25, -0.2) is 0 Å². The quantitative estimate of drug-likeness (QED) is 0.670. The lowest BCUT2D eigenvalue weighted by molar-refractivity contribution is -0.141. The third-order valence-corrected chi connectivity index (χ3v) is 6.21. The second-order valence-corrected chi connectivity index (χ2v) is 8.06. The average molecular weight is 388 g/mol. The molecule has 4 rings (SSSR count). The van der Waals surface area contributed by atoms with Crippen molar-refractivity contribution < 1.29 is 23.5 Å². The SMILES string of the molecule is O=C(CCN1C(=O)C2CCCCC2C1=O)N(Cc1ccco1)CC1CCCO1. The number of hydrogen-bond donors (Lipinski definition) is 0. The normalized spacial score (nSPS) is 27.3. The zero-order valence-corrected chi connectivity index (χ0v) is 16.2. The maximum Gasteiger partial charge on any atom is 0.233 e. The van der Waals surface area contributed by atoms with Crippen LogP contribution in [0.3, 0.4) is 0 Å². The summed E-state index contributed by atoms with van der Waals surface area (Å²) in [4.78, 5) is 41.2. The van der Waals surface area contributed by atoms with Crippen molar-refractivity contribution in [1.29, 1.82) is 0 Å². The van der Waals surface area contributed by atoms with Crippen LogP contribution >= 0.6 is 0 Å². The number of fused-ring (bicyclic) bond motifs is 1. The van der Waals surface area contributed by atoms with Crippen LogP contribution < -0.4 is 0 Å². The lowest BCUT2D eigenvalue weighted by Gasteiger charge is -2.25. The topological polar surface area (TPSA) is 80.1 Å². The zero-order valence-electron chi connectivity index (χ0n) is 16.2. The van der Waals surface area contributed by atoms with Gasteiger partial charge >= 0.3 is 0 Å². The van der Waals surface area contributed by atoms with E-state index in [1.54, 1.807) is 17.2 Å². The average Bonchev–Trinajstić information content (AvgIpc) is 3.44. The Morgan fingerprint density at radius 1 is 1.11 bits per heavy atom. The van der Waals surface area contributed by atoms with Crippen molar-refractivity contribution in [2.45, 2.75) is 57.6 Å². The first-order chi connectivity index (χ1) is 13.6. The summed E-state index contributed by atoms with van der Waals surface area (Å²) in [6.07, 6.45) is 7.32. The third kappa shape index (κ3) is 3.99. The molecule has 3 aliphatic rings. The Morgan fingerprint density at radius 2 is 1.86 bits per heavy atom. The molecule has 2 aliphatic heterocycles.